The van der Waals surface area contributed by atoms with E-state index < -0.39 is 5.91 Å². The molecule has 0 saturated heterocycles. The molecule has 1 amide bonds. The maximum absolute atomic E-state index is 10.8. The Balaban J connectivity index is 2.16. The fraction of sp³-hybridized carbons (Fsp3) is 0.0625. The summed E-state index contributed by atoms with van der Waals surface area (Å²) in [5.74, 6) is 0.134. The van der Waals surface area contributed by atoms with Crippen LogP contribution in [0.2, 0.25) is 5.02 Å². The Hall–Kier alpha value is -2.26. The Bertz CT molecular complexity index is 624. The Morgan fingerprint density at radius 1 is 1.20 bits per heavy atom. The first kappa shape index (κ1) is 14.2. The van der Waals surface area contributed by atoms with Crippen molar-refractivity contribution in [2.24, 2.45) is 5.73 Å². The molecule has 2 aromatic rings. The van der Waals surface area contributed by atoms with Crippen LogP contribution in [0.3, 0.4) is 0 Å². The third-order valence-corrected chi connectivity index (χ3v) is 2.87. The van der Waals surface area contributed by atoms with E-state index in [1.807, 2.05) is 30.3 Å². The first-order valence-corrected chi connectivity index (χ1v) is 6.47. The molecule has 0 atom stereocenters. The highest BCUT2D eigenvalue weighted by atomic mass is 35.5. The van der Waals surface area contributed by atoms with E-state index in [4.69, 9.17) is 22.1 Å². The molecule has 4 heteroatoms. The molecule has 0 aliphatic rings. The molecule has 0 bridgehead atoms. The topological polar surface area (TPSA) is 52.3 Å². The van der Waals surface area contributed by atoms with Crippen molar-refractivity contribution < 1.29 is 9.53 Å². The van der Waals surface area contributed by atoms with Crippen LogP contribution < -0.4 is 10.5 Å². The summed E-state index contributed by atoms with van der Waals surface area (Å²) in [7, 11) is 0. The van der Waals surface area contributed by atoms with Crippen molar-refractivity contribution in [3.05, 3.63) is 70.8 Å². The molecule has 3 nitrogen and oxygen atoms in total. The van der Waals surface area contributed by atoms with Crippen molar-refractivity contribution in [1.29, 1.82) is 0 Å². The second kappa shape index (κ2) is 6.78. The number of benzene rings is 2. The van der Waals surface area contributed by atoms with E-state index in [0.717, 1.165) is 5.56 Å². The van der Waals surface area contributed by atoms with Gasteiger partial charge in [-0.15, -0.1) is 0 Å². The fourth-order valence-electron chi connectivity index (χ4n) is 1.69. The summed E-state index contributed by atoms with van der Waals surface area (Å²) in [6, 6.07) is 15.1. The largest absolute Gasteiger partial charge is 0.488 e. The molecule has 2 N–H and O–H groups in total. The van der Waals surface area contributed by atoms with Crippen molar-refractivity contribution in [2.45, 2.75) is 6.61 Å². The maximum Gasteiger partial charge on any atom is 0.241 e. The number of rotatable bonds is 5. The van der Waals surface area contributed by atoms with Crippen molar-refractivity contribution in [3.63, 3.8) is 0 Å². The number of hydrogen-bond acceptors (Lipinski definition) is 2. The number of amides is 1. The van der Waals surface area contributed by atoms with Crippen molar-refractivity contribution in [1.82, 2.24) is 0 Å². The second-order valence-corrected chi connectivity index (χ2v) is 4.63. The van der Waals surface area contributed by atoms with Crippen molar-refractivity contribution >= 4 is 23.6 Å². The molecular formula is C16H14ClNO2. The molecule has 0 fully saturated rings. The number of hydrogen-bond donors (Lipinski definition) is 1. The maximum atomic E-state index is 10.8. The van der Waals surface area contributed by atoms with E-state index in [-0.39, 0.29) is 0 Å². The van der Waals surface area contributed by atoms with Gasteiger partial charge in [-0.25, -0.2) is 0 Å². The molecule has 0 aromatic heterocycles. The van der Waals surface area contributed by atoms with Crippen LogP contribution in [0, 0.1) is 0 Å². The Labute approximate surface area is 122 Å². The van der Waals surface area contributed by atoms with Crippen LogP contribution >= 0.6 is 11.6 Å². The van der Waals surface area contributed by atoms with Crippen LogP contribution in [-0.2, 0) is 11.4 Å². The number of carbonyl (C=O) groups excluding carboxylic acids is 1. The van der Waals surface area contributed by atoms with Crippen LogP contribution in [0.25, 0.3) is 6.08 Å². The lowest BCUT2D eigenvalue weighted by Crippen LogP contribution is -2.05. The van der Waals surface area contributed by atoms with Gasteiger partial charge < -0.3 is 10.5 Å². The van der Waals surface area contributed by atoms with E-state index in [0.29, 0.717) is 22.9 Å². The lowest BCUT2D eigenvalue weighted by atomic mass is 10.2. The quantitative estimate of drug-likeness (QED) is 0.857. The smallest absolute Gasteiger partial charge is 0.241 e. The molecule has 0 spiro atoms. The monoisotopic (exact) mass is 287 g/mol. The number of carbonyl (C=O) groups is 1. The first-order chi connectivity index (χ1) is 9.65. The summed E-state index contributed by atoms with van der Waals surface area (Å²) < 4.78 is 5.75. The van der Waals surface area contributed by atoms with Gasteiger partial charge in [-0.05, 0) is 29.8 Å². The summed E-state index contributed by atoms with van der Waals surface area (Å²) in [5.41, 5.74) is 6.87. The van der Waals surface area contributed by atoms with Gasteiger partial charge in [0.15, 0.2) is 0 Å². The zero-order chi connectivity index (χ0) is 14.4. The van der Waals surface area contributed by atoms with Crippen LogP contribution in [0.5, 0.6) is 5.75 Å². The minimum absolute atomic E-state index is 0.444. The Morgan fingerprint density at radius 3 is 2.65 bits per heavy atom. The van der Waals surface area contributed by atoms with E-state index in [1.54, 1.807) is 24.3 Å². The van der Waals surface area contributed by atoms with E-state index >= 15 is 0 Å². The lowest BCUT2D eigenvalue weighted by Gasteiger charge is -2.09. The van der Waals surface area contributed by atoms with Gasteiger partial charge in [-0.2, -0.15) is 0 Å². The fourth-order valence-corrected chi connectivity index (χ4v) is 1.87. The molecule has 0 aliphatic heterocycles. The standard InChI is InChI=1S/C16H14ClNO2/c17-14-7-8-15(13(10-14)6-9-16(18)19)20-11-12-4-2-1-3-5-12/h1-10H,11H2,(H2,18,19)/b9-6+. The summed E-state index contributed by atoms with van der Waals surface area (Å²) in [6.07, 6.45) is 2.87. The van der Waals surface area contributed by atoms with Gasteiger partial charge in [0.1, 0.15) is 12.4 Å². The number of primary amides is 1. The number of ether oxygens (including phenoxy) is 1. The Kier molecular flexibility index (Phi) is 4.80. The predicted molar refractivity (Wildman–Crippen MR) is 80.5 cm³/mol. The van der Waals surface area contributed by atoms with Gasteiger partial charge in [-0.3, -0.25) is 4.79 Å². The number of halogens is 1. The van der Waals surface area contributed by atoms with E-state index in [9.17, 15) is 4.79 Å². The highest BCUT2D eigenvalue weighted by Crippen LogP contribution is 2.25. The van der Waals surface area contributed by atoms with Crippen molar-refractivity contribution in [2.75, 3.05) is 0 Å². The summed E-state index contributed by atoms with van der Waals surface area (Å²) in [6.45, 7) is 0.444. The van der Waals surface area contributed by atoms with Gasteiger partial charge >= 0.3 is 0 Å². The molecule has 0 heterocycles. The van der Waals surface area contributed by atoms with Gasteiger partial charge in [0, 0.05) is 16.7 Å². The molecule has 2 rings (SSSR count). The molecule has 0 aliphatic carbocycles. The average molecular weight is 288 g/mol. The third-order valence-electron chi connectivity index (χ3n) is 2.64. The van der Waals surface area contributed by atoms with Gasteiger partial charge in [-0.1, -0.05) is 41.9 Å². The van der Waals surface area contributed by atoms with Crippen LogP contribution in [-0.4, -0.2) is 5.91 Å². The molecule has 20 heavy (non-hydrogen) atoms. The van der Waals surface area contributed by atoms with Gasteiger partial charge in [0.25, 0.3) is 0 Å². The van der Waals surface area contributed by atoms with Crippen LogP contribution in [0.4, 0.5) is 0 Å². The summed E-state index contributed by atoms with van der Waals surface area (Å²) in [5, 5.41) is 0.571. The highest BCUT2D eigenvalue weighted by molar-refractivity contribution is 6.30. The molecular weight excluding hydrogens is 274 g/mol. The molecule has 0 saturated carbocycles. The highest BCUT2D eigenvalue weighted by Gasteiger charge is 2.03. The SMILES string of the molecule is NC(=O)/C=C/c1cc(Cl)ccc1OCc1ccccc1. The average Bonchev–Trinajstić information content (AvgIpc) is 2.45. The molecule has 102 valence electrons. The predicted octanol–water partition coefficient (Wildman–Crippen LogP) is 3.42. The van der Waals surface area contributed by atoms with E-state index in [1.165, 1.54) is 6.08 Å². The normalized spacial score (nSPS) is 10.7. The number of nitrogens with two attached hydrogens (primary N) is 1. The van der Waals surface area contributed by atoms with Gasteiger partial charge in [0.2, 0.25) is 5.91 Å². The summed E-state index contributed by atoms with van der Waals surface area (Å²) in [4.78, 5) is 10.8. The zero-order valence-corrected chi connectivity index (χ0v) is 11.5. The molecule has 2 aromatic carbocycles. The first-order valence-electron chi connectivity index (χ1n) is 6.09. The third kappa shape index (κ3) is 4.14. The summed E-state index contributed by atoms with van der Waals surface area (Å²) >= 11 is 5.94. The molecule has 0 radical (unpaired) electrons. The molecule has 0 unspecified atom stereocenters. The second-order valence-electron chi connectivity index (χ2n) is 4.19. The van der Waals surface area contributed by atoms with Crippen LogP contribution in [0.1, 0.15) is 11.1 Å². The minimum atomic E-state index is -0.515. The van der Waals surface area contributed by atoms with Gasteiger partial charge in [0.05, 0.1) is 0 Å². The lowest BCUT2D eigenvalue weighted by molar-refractivity contribution is -0.113. The van der Waals surface area contributed by atoms with Crippen LogP contribution in [0.15, 0.2) is 54.6 Å². The Morgan fingerprint density at radius 2 is 1.95 bits per heavy atom. The zero-order valence-electron chi connectivity index (χ0n) is 10.8. The van der Waals surface area contributed by atoms with Crippen molar-refractivity contribution in [3.8, 4) is 5.75 Å². The van der Waals surface area contributed by atoms with E-state index in [2.05, 4.69) is 0 Å². The minimum Gasteiger partial charge on any atom is -0.488 e.